The topological polar surface area (TPSA) is 86.5 Å². The monoisotopic (exact) mass is 351 g/mol. The summed E-state index contributed by atoms with van der Waals surface area (Å²) in [6.07, 6.45) is 4.32. The highest BCUT2D eigenvalue weighted by atomic mass is 35.5. The Morgan fingerprint density at radius 1 is 1.29 bits per heavy atom. The predicted molar refractivity (Wildman–Crippen MR) is 80.1 cm³/mol. The number of carbonyl (C=O) groups excluding carboxylic acids is 1. The van der Waals surface area contributed by atoms with Gasteiger partial charge in [-0.15, -0.1) is 0 Å². The van der Waals surface area contributed by atoms with E-state index in [0.717, 1.165) is 31.7 Å². The van der Waals surface area contributed by atoms with Crippen molar-refractivity contribution in [3.63, 3.8) is 0 Å². The number of carbonyl (C=O) groups is 1. The zero-order chi connectivity index (χ0) is 15.6. The third kappa shape index (κ3) is 4.10. The summed E-state index contributed by atoms with van der Waals surface area (Å²) in [7, 11) is -4.07. The molecular formula is C13H15Cl2NO4S. The zero-order valence-corrected chi connectivity index (χ0v) is 13.5. The number of halogens is 2. The quantitative estimate of drug-likeness (QED) is 0.844. The molecule has 0 heterocycles. The number of hydrogen-bond donors (Lipinski definition) is 1. The van der Waals surface area contributed by atoms with E-state index < -0.39 is 16.0 Å². The van der Waals surface area contributed by atoms with Crippen LogP contribution in [0.1, 0.15) is 36.0 Å². The second-order valence-corrected chi connectivity index (χ2v) is 7.40. The first-order valence-corrected chi connectivity index (χ1v) is 8.78. The SMILES string of the molecule is NS(=O)(=O)c1cc(Cl)cc(C(=O)OCC2CCCC2)c1Cl. The van der Waals surface area contributed by atoms with Gasteiger partial charge in [0, 0.05) is 5.02 Å². The standard InChI is InChI=1S/C13H15Cl2NO4S/c14-9-5-10(12(15)11(6-9)21(16,18)19)13(17)20-7-8-3-1-2-4-8/h5-6,8H,1-4,7H2,(H2,16,18,19). The Morgan fingerprint density at radius 3 is 2.48 bits per heavy atom. The number of rotatable bonds is 4. The van der Waals surface area contributed by atoms with Gasteiger partial charge in [-0.1, -0.05) is 36.0 Å². The first-order valence-electron chi connectivity index (χ1n) is 6.48. The maximum atomic E-state index is 12.1. The maximum absolute atomic E-state index is 12.1. The van der Waals surface area contributed by atoms with Crippen molar-refractivity contribution in [2.75, 3.05) is 6.61 Å². The third-order valence-electron chi connectivity index (χ3n) is 3.46. The van der Waals surface area contributed by atoms with Crippen molar-refractivity contribution in [1.29, 1.82) is 0 Å². The largest absolute Gasteiger partial charge is 0.462 e. The van der Waals surface area contributed by atoms with Crippen molar-refractivity contribution in [2.45, 2.75) is 30.6 Å². The van der Waals surface area contributed by atoms with E-state index >= 15 is 0 Å². The summed E-state index contributed by atoms with van der Waals surface area (Å²) in [4.78, 5) is 11.7. The predicted octanol–water partition coefficient (Wildman–Crippen LogP) is 2.99. The van der Waals surface area contributed by atoms with Gasteiger partial charge in [-0.25, -0.2) is 18.4 Å². The van der Waals surface area contributed by atoms with E-state index in [0.29, 0.717) is 12.5 Å². The second-order valence-electron chi connectivity index (χ2n) is 5.06. The number of hydrogen-bond acceptors (Lipinski definition) is 4. The average Bonchev–Trinajstić information content (AvgIpc) is 2.90. The molecule has 0 spiro atoms. The first-order chi connectivity index (χ1) is 9.79. The smallest absolute Gasteiger partial charge is 0.339 e. The van der Waals surface area contributed by atoms with Crippen molar-refractivity contribution < 1.29 is 17.9 Å². The van der Waals surface area contributed by atoms with Crippen LogP contribution >= 0.6 is 23.2 Å². The van der Waals surface area contributed by atoms with Gasteiger partial charge in [-0.3, -0.25) is 0 Å². The van der Waals surface area contributed by atoms with Crippen molar-refractivity contribution in [3.8, 4) is 0 Å². The summed E-state index contributed by atoms with van der Waals surface area (Å²) in [6.45, 7) is 0.298. The number of esters is 1. The molecule has 0 unspecified atom stereocenters. The Balaban J connectivity index is 2.22. The van der Waals surface area contributed by atoms with Gasteiger partial charge in [-0.2, -0.15) is 0 Å². The van der Waals surface area contributed by atoms with Gasteiger partial charge in [0.2, 0.25) is 10.0 Å². The number of ether oxygens (including phenoxy) is 1. The van der Waals surface area contributed by atoms with Gasteiger partial charge in [-0.05, 0) is 30.9 Å². The Hall–Kier alpha value is -0.820. The molecule has 1 saturated carbocycles. The summed E-state index contributed by atoms with van der Waals surface area (Å²) < 4.78 is 28.1. The fourth-order valence-corrected chi connectivity index (χ4v) is 3.81. The molecule has 1 aromatic carbocycles. The lowest BCUT2D eigenvalue weighted by atomic mass is 10.1. The van der Waals surface area contributed by atoms with E-state index in [2.05, 4.69) is 0 Å². The number of nitrogens with two attached hydrogens (primary N) is 1. The minimum absolute atomic E-state index is 0.0521. The molecule has 1 aliphatic rings. The minimum atomic E-state index is -4.07. The summed E-state index contributed by atoms with van der Waals surface area (Å²) in [5, 5.41) is 4.83. The summed E-state index contributed by atoms with van der Waals surface area (Å²) in [5.74, 6) is -0.344. The summed E-state index contributed by atoms with van der Waals surface area (Å²) in [5.41, 5.74) is -0.0915. The van der Waals surface area contributed by atoms with Crippen LogP contribution in [-0.2, 0) is 14.8 Å². The Labute approximate surface area is 133 Å². The van der Waals surface area contributed by atoms with Gasteiger partial charge in [0.1, 0.15) is 4.90 Å². The average molecular weight is 352 g/mol. The van der Waals surface area contributed by atoms with Crippen LogP contribution in [0.2, 0.25) is 10.0 Å². The molecule has 1 aromatic rings. The Kier molecular flexibility index (Phi) is 5.14. The van der Waals surface area contributed by atoms with Crippen LogP contribution in [-0.4, -0.2) is 21.0 Å². The van der Waals surface area contributed by atoms with Crippen molar-refractivity contribution >= 4 is 39.2 Å². The molecule has 1 aliphatic carbocycles. The van der Waals surface area contributed by atoms with Crippen LogP contribution in [0.15, 0.2) is 17.0 Å². The van der Waals surface area contributed by atoms with E-state index in [1.807, 2.05) is 0 Å². The highest BCUT2D eigenvalue weighted by Gasteiger charge is 2.23. The van der Waals surface area contributed by atoms with Crippen molar-refractivity contribution in [1.82, 2.24) is 0 Å². The lowest BCUT2D eigenvalue weighted by Gasteiger charge is -2.12. The van der Waals surface area contributed by atoms with Gasteiger partial charge in [0.25, 0.3) is 0 Å². The summed E-state index contributed by atoms with van der Waals surface area (Å²) >= 11 is 11.7. The van der Waals surface area contributed by atoms with Crippen molar-refractivity contribution in [2.24, 2.45) is 11.1 Å². The maximum Gasteiger partial charge on any atom is 0.339 e. The van der Waals surface area contributed by atoms with E-state index in [9.17, 15) is 13.2 Å². The van der Waals surface area contributed by atoms with Crippen LogP contribution in [0, 0.1) is 5.92 Å². The van der Waals surface area contributed by atoms with Crippen LogP contribution in [0.4, 0.5) is 0 Å². The molecule has 21 heavy (non-hydrogen) atoms. The zero-order valence-electron chi connectivity index (χ0n) is 11.1. The lowest BCUT2D eigenvalue weighted by Crippen LogP contribution is -2.16. The normalized spacial score (nSPS) is 16.1. The molecule has 5 nitrogen and oxygen atoms in total. The first kappa shape index (κ1) is 16.5. The fraction of sp³-hybridized carbons (Fsp3) is 0.462. The molecule has 2 N–H and O–H groups in total. The molecule has 0 aromatic heterocycles. The minimum Gasteiger partial charge on any atom is -0.462 e. The molecule has 1 fully saturated rings. The van der Waals surface area contributed by atoms with Crippen LogP contribution in [0.3, 0.4) is 0 Å². The molecule has 0 bridgehead atoms. The molecule has 0 saturated heterocycles. The highest BCUT2D eigenvalue weighted by molar-refractivity contribution is 7.89. The fourth-order valence-electron chi connectivity index (χ4n) is 2.37. The molecule has 0 radical (unpaired) electrons. The van der Waals surface area contributed by atoms with E-state index in [1.165, 1.54) is 6.07 Å². The molecule has 0 atom stereocenters. The van der Waals surface area contributed by atoms with Crippen LogP contribution in [0.25, 0.3) is 0 Å². The van der Waals surface area contributed by atoms with Gasteiger partial charge >= 0.3 is 5.97 Å². The third-order valence-corrected chi connectivity index (χ3v) is 5.13. The van der Waals surface area contributed by atoms with Gasteiger partial charge in [0.05, 0.1) is 17.2 Å². The second kappa shape index (κ2) is 6.52. The van der Waals surface area contributed by atoms with E-state index in [-0.39, 0.29) is 20.5 Å². The molecular weight excluding hydrogens is 337 g/mol. The van der Waals surface area contributed by atoms with Gasteiger partial charge in [0.15, 0.2) is 0 Å². The molecule has 2 rings (SSSR count). The van der Waals surface area contributed by atoms with Crippen LogP contribution in [0.5, 0.6) is 0 Å². The Morgan fingerprint density at radius 2 is 1.90 bits per heavy atom. The van der Waals surface area contributed by atoms with Gasteiger partial charge < -0.3 is 4.74 Å². The number of primary sulfonamides is 1. The molecule has 0 amide bonds. The van der Waals surface area contributed by atoms with E-state index in [1.54, 1.807) is 0 Å². The highest BCUT2D eigenvalue weighted by Crippen LogP contribution is 2.30. The molecule has 0 aliphatic heterocycles. The number of sulfonamides is 1. The lowest BCUT2D eigenvalue weighted by molar-refractivity contribution is 0.0442. The van der Waals surface area contributed by atoms with E-state index in [4.69, 9.17) is 33.1 Å². The van der Waals surface area contributed by atoms with Crippen LogP contribution < -0.4 is 5.14 Å². The molecule has 8 heteroatoms. The Bertz CT molecular complexity index is 654. The number of benzene rings is 1. The molecule has 116 valence electrons. The summed E-state index contributed by atoms with van der Waals surface area (Å²) in [6, 6.07) is 2.38. The van der Waals surface area contributed by atoms with Crippen molar-refractivity contribution in [3.05, 3.63) is 27.7 Å².